The topological polar surface area (TPSA) is 29.3 Å². The van der Waals surface area contributed by atoms with Gasteiger partial charge >= 0.3 is 0 Å². The summed E-state index contributed by atoms with van der Waals surface area (Å²) in [6.45, 7) is 10.5. The molecule has 17 heavy (non-hydrogen) atoms. The van der Waals surface area contributed by atoms with Crippen molar-refractivity contribution in [3.8, 4) is 0 Å². The van der Waals surface area contributed by atoms with E-state index in [2.05, 4.69) is 66.7 Å². The van der Waals surface area contributed by atoms with Crippen LogP contribution in [0.15, 0.2) is 28.7 Å². The van der Waals surface area contributed by atoms with Crippen LogP contribution in [0.2, 0.25) is 0 Å². The van der Waals surface area contributed by atoms with Gasteiger partial charge in [0.25, 0.3) is 0 Å². The minimum absolute atomic E-state index is 0.126. The van der Waals surface area contributed by atoms with E-state index in [0.717, 1.165) is 11.0 Å². The van der Waals surface area contributed by atoms with Crippen LogP contribution in [0, 0.1) is 0 Å². The number of nitrogens with two attached hydrogens (primary N) is 1. The third-order valence-electron chi connectivity index (χ3n) is 3.04. The maximum atomic E-state index is 5.97. The van der Waals surface area contributed by atoms with Gasteiger partial charge in [-0.3, -0.25) is 4.90 Å². The minimum Gasteiger partial charge on any atom is -0.329 e. The Hall–Kier alpha value is -0.380. The lowest BCUT2D eigenvalue weighted by atomic mass is 9.98. The van der Waals surface area contributed by atoms with Crippen molar-refractivity contribution in [2.24, 2.45) is 5.73 Å². The molecule has 0 aliphatic carbocycles. The summed E-state index contributed by atoms with van der Waals surface area (Å²) in [5.41, 5.74) is 7.37. The lowest BCUT2D eigenvalue weighted by molar-refractivity contribution is 0.0919. The molecule has 3 heteroatoms. The Morgan fingerprint density at radius 2 is 2.00 bits per heavy atom. The van der Waals surface area contributed by atoms with Crippen molar-refractivity contribution in [1.82, 2.24) is 4.90 Å². The van der Waals surface area contributed by atoms with Crippen molar-refractivity contribution in [2.45, 2.75) is 39.3 Å². The fourth-order valence-electron chi connectivity index (χ4n) is 2.32. The highest BCUT2D eigenvalue weighted by Gasteiger charge is 2.27. The van der Waals surface area contributed by atoms with Gasteiger partial charge in [0.05, 0.1) is 0 Å². The largest absolute Gasteiger partial charge is 0.329 e. The summed E-state index contributed by atoms with van der Waals surface area (Å²) in [7, 11) is 0. The van der Waals surface area contributed by atoms with Gasteiger partial charge < -0.3 is 5.73 Å². The molecule has 2 nitrogen and oxygen atoms in total. The first kappa shape index (κ1) is 14.7. The lowest BCUT2D eigenvalue weighted by Crippen LogP contribution is -2.46. The summed E-state index contributed by atoms with van der Waals surface area (Å²) in [6, 6.07) is 8.70. The van der Waals surface area contributed by atoms with Gasteiger partial charge in [0.15, 0.2) is 0 Å². The van der Waals surface area contributed by atoms with Crippen LogP contribution in [0.1, 0.15) is 39.3 Å². The molecule has 0 aliphatic rings. The Morgan fingerprint density at radius 1 is 1.35 bits per heavy atom. The quantitative estimate of drug-likeness (QED) is 0.921. The first-order chi connectivity index (χ1) is 7.90. The van der Waals surface area contributed by atoms with Crippen molar-refractivity contribution in [2.75, 3.05) is 13.1 Å². The van der Waals surface area contributed by atoms with Crippen LogP contribution in [0.25, 0.3) is 0 Å². The molecule has 1 aromatic carbocycles. The summed E-state index contributed by atoms with van der Waals surface area (Å²) in [5, 5.41) is 0. The normalized spacial score (nSPS) is 14.1. The molecule has 0 radical (unpaired) electrons. The van der Waals surface area contributed by atoms with Gasteiger partial charge in [0.1, 0.15) is 0 Å². The van der Waals surface area contributed by atoms with E-state index >= 15 is 0 Å². The molecule has 0 fully saturated rings. The highest BCUT2D eigenvalue weighted by Crippen LogP contribution is 2.28. The lowest BCUT2D eigenvalue weighted by Gasteiger charge is -2.41. The van der Waals surface area contributed by atoms with Gasteiger partial charge in [-0.05, 0) is 45.0 Å². The first-order valence-electron chi connectivity index (χ1n) is 6.12. The van der Waals surface area contributed by atoms with E-state index in [-0.39, 0.29) is 11.6 Å². The zero-order chi connectivity index (χ0) is 13.1. The second-order valence-corrected chi connectivity index (χ2v) is 6.18. The number of hydrogen-bond acceptors (Lipinski definition) is 2. The van der Waals surface area contributed by atoms with E-state index in [1.54, 1.807) is 0 Å². The molecule has 1 rings (SSSR count). The van der Waals surface area contributed by atoms with E-state index in [1.807, 2.05) is 6.07 Å². The first-order valence-corrected chi connectivity index (χ1v) is 6.91. The van der Waals surface area contributed by atoms with Crippen molar-refractivity contribution < 1.29 is 0 Å². The van der Waals surface area contributed by atoms with Gasteiger partial charge in [0.2, 0.25) is 0 Å². The van der Waals surface area contributed by atoms with E-state index in [1.165, 1.54) is 5.56 Å². The van der Waals surface area contributed by atoms with Crippen LogP contribution < -0.4 is 5.73 Å². The van der Waals surface area contributed by atoms with Gasteiger partial charge in [0, 0.05) is 22.6 Å². The SMILES string of the molecule is CCN(C(CN)c1cccc(Br)c1)C(C)(C)C. The fraction of sp³-hybridized carbons (Fsp3) is 0.571. The highest BCUT2D eigenvalue weighted by atomic mass is 79.9. The van der Waals surface area contributed by atoms with Crippen molar-refractivity contribution >= 4 is 15.9 Å². The zero-order valence-corrected chi connectivity index (χ0v) is 12.8. The molecule has 0 spiro atoms. The number of benzene rings is 1. The van der Waals surface area contributed by atoms with E-state index in [9.17, 15) is 0 Å². The van der Waals surface area contributed by atoms with Crippen molar-refractivity contribution in [1.29, 1.82) is 0 Å². The Bertz CT molecular complexity index is 357. The minimum atomic E-state index is 0.126. The number of rotatable bonds is 4. The van der Waals surface area contributed by atoms with Gasteiger partial charge in [-0.25, -0.2) is 0 Å². The third kappa shape index (κ3) is 3.80. The Balaban J connectivity index is 3.05. The molecule has 1 atom stereocenters. The third-order valence-corrected chi connectivity index (χ3v) is 3.53. The van der Waals surface area contributed by atoms with Crippen LogP contribution in [0.3, 0.4) is 0 Å². The van der Waals surface area contributed by atoms with E-state index in [4.69, 9.17) is 5.73 Å². The molecular weight excluding hydrogens is 276 g/mol. The monoisotopic (exact) mass is 298 g/mol. The molecule has 1 unspecified atom stereocenters. The van der Waals surface area contributed by atoms with E-state index < -0.39 is 0 Å². The fourth-order valence-corrected chi connectivity index (χ4v) is 2.74. The molecular formula is C14H23BrN2. The van der Waals surface area contributed by atoms with E-state index in [0.29, 0.717) is 6.54 Å². The van der Waals surface area contributed by atoms with Crippen molar-refractivity contribution in [3.63, 3.8) is 0 Å². The second kappa shape index (κ2) is 5.98. The van der Waals surface area contributed by atoms with Crippen LogP contribution in [0.5, 0.6) is 0 Å². The summed E-state index contributed by atoms with van der Waals surface area (Å²) < 4.78 is 1.11. The Morgan fingerprint density at radius 3 is 2.41 bits per heavy atom. The van der Waals surface area contributed by atoms with Gasteiger partial charge in [-0.15, -0.1) is 0 Å². The molecule has 96 valence electrons. The highest BCUT2D eigenvalue weighted by molar-refractivity contribution is 9.10. The average molecular weight is 299 g/mol. The predicted octanol–water partition coefficient (Wildman–Crippen LogP) is 3.57. The molecule has 0 saturated carbocycles. The molecule has 0 bridgehead atoms. The summed E-state index contributed by atoms with van der Waals surface area (Å²) in [4.78, 5) is 2.44. The van der Waals surface area contributed by atoms with Crippen LogP contribution in [0.4, 0.5) is 0 Å². The Kier molecular flexibility index (Phi) is 5.17. The maximum absolute atomic E-state index is 5.97. The average Bonchev–Trinajstić information content (AvgIpc) is 2.23. The number of likely N-dealkylation sites (N-methyl/N-ethyl adjacent to an activating group) is 1. The summed E-state index contributed by atoms with van der Waals surface area (Å²) in [6.07, 6.45) is 0. The van der Waals surface area contributed by atoms with Gasteiger partial charge in [-0.2, -0.15) is 0 Å². The number of nitrogens with zero attached hydrogens (tertiary/aromatic N) is 1. The Labute approximate surface area is 113 Å². The predicted molar refractivity (Wildman–Crippen MR) is 78.1 cm³/mol. The standard InChI is InChI=1S/C14H23BrN2/c1-5-17(14(2,3)4)13(10-16)11-7-6-8-12(15)9-11/h6-9,13H,5,10,16H2,1-4H3. The van der Waals surface area contributed by atoms with Crippen molar-refractivity contribution in [3.05, 3.63) is 34.3 Å². The molecule has 0 saturated heterocycles. The smallest absolute Gasteiger partial charge is 0.0475 e. The second-order valence-electron chi connectivity index (χ2n) is 5.26. The van der Waals surface area contributed by atoms with Crippen LogP contribution >= 0.6 is 15.9 Å². The summed E-state index contributed by atoms with van der Waals surface area (Å²) >= 11 is 3.52. The maximum Gasteiger partial charge on any atom is 0.0475 e. The molecule has 0 heterocycles. The van der Waals surface area contributed by atoms with Crippen LogP contribution in [-0.4, -0.2) is 23.5 Å². The molecule has 1 aromatic rings. The van der Waals surface area contributed by atoms with Gasteiger partial charge in [-0.1, -0.05) is 35.0 Å². The molecule has 0 aliphatic heterocycles. The zero-order valence-electron chi connectivity index (χ0n) is 11.2. The molecule has 0 amide bonds. The number of hydrogen-bond donors (Lipinski definition) is 1. The van der Waals surface area contributed by atoms with Crippen LogP contribution in [-0.2, 0) is 0 Å². The summed E-state index contributed by atoms with van der Waals surface area (Å²) in [5.74, 6) is 0. The molecule has 0 aromatic heterocycles. The number of halogens is 1. The molecule has 2 N–H and O–H groups in total.